The van der Waals surface area contributed by atoms with Crippen molar-refractivity contribution >= 4 is 6.09 Å². The summed E-state index contributed by atoms with van der Waals surface area (Å²) in [6, 6.07) is 14.6. The molecular weight excluding hydrogens is 478 g/mol. The van der Waals surface area contributed by atoms with E-state index in [9.17, 15) is 10.1 Å². The van der Waals surface area contributed by atoms with Crippen LogP contribution < -0.4 is 24.7 Å². The van der Waals surface area contributed by atoms with Gasteiger partial charge in [0, 0.05) is 18.7 Å². The van der Waals surface area contributed by atoms with Crippen LogP contribution in [0, 0.1) is 11.3 Å². The van der Waals surface area contributed by atoms with Gasteiger partial charge in [0.25, 0.3) is 0 Å². The van der Waals surface area contributed by atoms with Crippen molar-refractivity contribution in [3.8, 4) is 40.5 Å². The molecule has 1 fully saturated rings. The molecule has 0 spiro atoms. The lowest BCUT2D eigenvalue weighted by molar-refractivity contribution is 0.0416. The first-order valence-corrected chi connectivity index (χ1v) is 11.6. The number of nitrogens with one attached hydrogen (secondary N) is 1. The number of nitrogens with zero attached hydrogens (tertiary/aromatic N) is 3. The summed E-state index contributed by atoms with van der Waals surface area (Å²) >= 11 is 0. The largest absolute Gasteiger partial charge is 0.493 e. The fourth-order valence-electron chi connectivity index (χ4n) is 4.43. The van der Waals surface area contributed by atoms with E-state index in [1.54, 1.807) is 49.5 Å². The van der Waals surface area contributed by atoms with Crippen molar-refractivity contribution < 1.29 is 28.5 Å². The van der Waals surface area contributed by atoms with Gasteiger partial charge >= 0.3 is 6.09 Å². The maximum atomic E-state index is 12.5. The minimum atomic E-state index is -0.570. The molecular formula is C26H25N5O6. The fourth-order valence-corrected chi connectivity index (χ4v) is 4.43. The third-order valence-corrected chi connectivity index (χ3v) is 6.30. The summed E-state index contributed by atoms with van der Waals surface area (Å²) in [6.45, 7) is 1.93. The number of H-pyrrole nitrogens is 1. The summed E-state index contributed by atoms with van der Waals surface area (Å²) in [5.74, 6) is 1.19. The molecule has 3 N–H and O–H groups in total. The van der Waals surface area contributed by atoms with Gasteiger partial charge in [-0.2, -0.15) is 5.26 Å². The van der Waals surface area contributed by atoms with Crippen LogP contribution >= 0.6 is 0 Å². The molecule has 0 bridgehead atoms. The average Bonchev–Trinajstić information content (AvgIpc) is 3.36. The number of nitrogens with two attached hydrogens (primary N) is 1. The summed E-state index contributed by atoms with van der Waals surface area (Å²) in [5, 5.41) is 17.3. The van der Waals surface area contributed by atoms with Crippen molar-refractivity contribution in [1.82, 2.24) is 15.1 Å². The number of benzene rings is 2. The number of allylic oxidation sites excluding steroid dienone is 1. The molecule has 0 saturated carbocycles. The van der Waals surface area contributed by atoms with E-state index in [0.29, 0.717) is 54.8 Å². The van der Waals surface area contributed by atoms with Crippen LogP contribution in [0.25, 0.3) is 11.3 Å². The number of methoxy groups -OCH3 is 2. The average molecular weight is 504 g/mol. The number of amides is 1. The van der Waals surface area contributed by atoms with Crippen LogP contribution in [0.5, 0.6) is 23.1 Å². The lowest BCUT2D eigenvalue weighted by atomic mass is 9.83. The molecule has 1 atom stereocenters. The summed E-state index contributed by atoms with van der Waals surface area (Å²) in [6.07, 6.45) is -0.433. The Balaban J connectivity index is 1.50. The molecule has 0 radical (unpaired) electrons. The van der Waals surface area contributed by atoms with Gasteiger partial charge < -0.3 is 34.3 Å². The predicted octanol–water partition coefficient (Wildman–Crippen LogP) is 3.14. The highest BCUT2D eigenvalue weighted by atomic mass is 16.6. The zero-order valence-corrected chi connectivity index (χ0v) is 20.3. The first kappa shape index (κ1) is 24.0. The lowest BCUT2D eigenvalue weighted by Gasteiger charge is -2.26. The van der Waals surface area contributed by atoms with Crippen LogP contribution in [0.15, 0.2) is 53.9 Å². The van der Waals surface area contributed by atoms with Crippen molar-refractivity contribution in [1.29, 1.82) is 5.26 Å². The second-order valence-corrected chi connectivity index (χ2v) is 8.35. The van der Waals surface area contributed by atoms with Crippen LogP contribution in [0.4, 0.5) is 4.79 Å². The molecule has 5 rings (SSSR count). The molecule has 190 valence electrons. The molecule has 11 nitrogen and oxygen atoms in total. The van der Waals surface area contributed by atoms with E-state index < -0.39 is 12.0 Å². The molecule has 3 aromatic rings. The maximum absolute atomic E-state index is 12.5. The first-order valence-electron chi connectivity index (χ1n) is 11.6. The quantitative estimate of drug-likeness (QED) is 0.536. The van der Waals surface area contributed by atoms with Crippen LogP contribution in [0.3, 0.4) is 0 Å². The Labute approximate surface area is 212 Å². The third-order valence-electron chi connectivity index (χ3n) is 6.30. The van der Waals surface area contributed by atoms with Gasteiger partial charge in [-0.1, -0.05) is 12.1 Å². The Morgan fingerprint density at radius 3 is 2.54 bits per heavy atom. The number of nitriles is 1. The van der Waals surface area contributed by atoms with Gasteiger partial charge in [0.05, 0.1) is 44.6 Å². The van der Waals surface area contributed by atoms with E-state index in [0.717, 1.165) is 11.1 Å². The zero-order chi connectivity index (χ0) is 25.9. The van der Waals surface area contributed by atoms with E-state index in [4.69, 9.17) is 29.4 Å². The lowest BCUT2D eigenvalue weighted by Crippen LogP contribution is -2.42. The molecule has 0 aliphatic carbocycles. The Hall–Kier alpha value is -4.69. The molecule has 0 unspecified atom stereocenters. The maximum Gasteiger partial charge on any atom is 0.415 e. The second kappa shape index (κ2) is 10.1. The monoisotopic (exact) mass is 503 g/mol. The number of fused-ring (bicyclic) bond motifs is 1. The minimum absolute atomic E-state index is 0.0202. The normalized spacial score (nSPS) is 16.9. The zero-order valence-electron chi connectivity index (χ0n) is 20.3. The molecule has 37 heavy (non-hydrogen) atoms. The molecule has 2 aliphatic heterocycles. The highest BCUT2D eigenvalue weighted by molar-refractivity contribution is 5.73. The van der Waals surface area contributed by atoms with Crippen molar-refractivity contribution in [3.63, 3.8) is 0 Å². The summed E-state index contributed by atoms with van der Waals surface area (Å²) in [5.41, 5.74) is 9.14. The third kappa shape index (κ3) is 4.50. The topological polar surface area (TPSA) is 145 Å². The van der Waals surface area contributed by atoms with Gasteiger partial charge in [0.2, 0.25) is 11.8 Å². The molecule has 1 aromatic heterocycles. The van der Waals surface area contributed by atoms with Gasteiger partial charge in [0.1, 0.15) is 17.4 Å². The SMILES string of the molecule is COc1ccc(-c2[nH]nc3c2[C@H](c2ccc(OC(=O)N4CCOCC4)cc2)C(C#N)=C(N)O3)cc1OC. The molecule has 1 saturated heterocycles. The van der Waals surface area contributed by atoms with Gasteiger partial charge in [-0.25, -0.2) is 4.79 Å². The van der Waals surface area contributed by atoms with Crippen molar-refractivity contribution in [2.24, 2.45) is 5.73 Å². The molecule has 2 aromatic carbocycles. The van der Waals surface area contributed by atoms with E-state index in [1.165, 1.54) is 0 Å². The molecule has 3 heterocycles. The smallest absolute Gasteiger partial charge is 0.415 e. The predicted molar refractivity (Wildman–Crippen MR) is 131 cm³/mol. The van der Waals surface area contributed by atoms with Crippen molar-refractivity contribution in [3.05, 3.63) is 65.0 Å². The number of carbonyl (C=O) groups is 1. The number of hydrogen-bond donors (Lipinski definition) is 2. The van der Waals surface area contributed by atoms with Crippen LogP contribution in [0.1, 0.15) is 17.0 Å². The van der Waals surface area contributed by atoms with Crippen molar-refractivity contribution in [2.45, 2.75) is 5.92 Å². The summed E-state index contributed by atoms with van der Waals surface area (Å²) < 4.78 is 27.3. The van der Waals surface area contributed by atoms with Crippen molar-refractivity contribution in [2.75, 3.05) is 40.5 Å². The Bertz CT molecular complexity index is 1390. The fraction of sp³-hybridized carbons (Fsp3) is 0.269. The standard InChI is InChI=1S/C26H25N5O6/c1-33-19-8-5-16(13-20(19)34-2)23-22-21(18(14-27)24(28)37-25(22)30-29-23)15-3-6-17(7-4-15)36-26(32)31-9-11-35-12-10-31/h3-8,13,21H,9-12,28H2,1-2H3,(H,29,30)/t21-/m1/s1. The number of ether oxygens (including phenoxy) is 5. The van der Waals surface area contributed by atoms with Crippen LogP contribution in [-0.4, -0.2) is 61.7 Å². The van der Waals surface area contributed by atoms with Crippen LogP contribution in [0.2, 0.25) is 0 Å². The van der Waals surface area contributed by atoms with Gasteiger partial charge in [-0.15, -0.1) is 5.10 Å². The van der Waals surface area contributed by atoms with Gasteiger partial charge in [0.15, 0.2) is 11.5 Å². The first-order chi connectivity index (χ1) is 18.0. The number of carbonyl (C=O) groups excluding carboxylic acids is 1. The Morgan fingerprint density at radius 2 is 1.86 bits per heavy atom. The number of aromatic nitrogens is 2. The minimum Gasteiger partial charge on any atom is -0.493 e. The Morgan fingerprint density at radius 1 is 1.14 bits per heavy atom. The number of aromatic amines is 1. The number of morpholine rings is 1. The summed E-state index contributed by atoms with van der Waals surface area (Å²) in [4.78, 5) is 14.1. The number of rotatable bonds is 5. The molecule has 2 aliphatic rings. The van der Waals surface area contributed by atoms with E-state index >= 15 is 0 Å². The van der Waals surface area contributed by atoms with E-state index in [1.807, 2.05) is 12.1 Å². The second-order valence-electron chi connectivity index (χ2n) is 8.35. The summed E-state index contributed by atoms with van der Waals surface area (Å²) in [7, 11) is 3.12. The molecule has 11 heteroatoms. The van der Waals surface area contributed by atoms with E-state index in [2.05, 4.69) is 16.3 Å². The number of hydrogen-bond acceptors (Lipinski definition) is 9. The van der Waals surface area contributed by atoms with Gasteiger partial charge in [-0.3, -0.25) is 5.10 Å². The molecule has 1 amide bonds. The Kier molecular flexibility index (Phi) is 6.57. The van der Waals surface area contributed by atoms with Gasteiger partial charge in [-0.05, 0) is 35.9 Å². The van der Waals surface area contributed by atoms with Crippen LogP contribution in [-0.2, 0) is 4.74 Å². The highest BCUT2D eigenvalue weighted by Gasteiger charge is 2.36. The van der Waals surface area contributed by atoms with E-state index in [-0.39, 0.29) is 17.3 Å². The highest BCUT2D eigenvalue weighted by Crippen LogP contribution is 2.46.